The molecular weight excluding hydrogens is 666 g/mol. The van der Waals surface area contributed by atoms with Crippen LogP contribution in [-0.2, 0) is 0 Å². The Hall–Kier alpha value is -4.94. The molecule has 0 bridgehead atoms. The van der Waals surface area contributed by atoms with Crippen LogP contribution in [0.5, 0.6) is 0 Å². The summed E-state index contributed by atoms with van der Waals surface area (Å²) in [5.41, 5.74) is 2.70. The SMILES string of the molecule is C1CNCCN1.c1ccc(P(c2ccccc2)c2ccc3ccccc3c2-c2c(P(c3ccccc3)c3ccccc3)ccc3ccccc23)cc1. The highest BCUT2D eigenvalue weighted by molar-refractivity contribution is 7.80. The normalized spacial score (nSPS) is 12.9. The van der Waals surface area contributed by atoms with Crippen molar-refractivity contribution >= 4 is 69.2 Å². The number of hydrogen-bond donors (Lipinski definition) is 2. The van der Waals surface area contributed by atoms with Crippen molar-refractivity contribution in [3.05, 3.63) is 194 Å². The number of rotatable bonds is 7. The summed E-state index contributed by atoms with van der Waals surface area (Å²) in [6, 6.07) is 71.8. The van der Waals surface area contributed by atoms with Crippen molar-refractivity contribution < 1.29 is 0 Å². The first kappa shape index (κ1) is 34.2. The van der Waals surface area contributed by atoms with Gasteiger partial charge in [0.2, 0.25) is 0 Å². The molecular formula is C48H42N2P2. The van der Waals surface area contributed by atoms with E-state index in [4.69, 9.17) is 0 Å². The van der Waals surface area contributed by atoms with Gasteiger partial charge in [-0.2, -0.15) is 0 Å². The molecule has 0 amide bonds. The second-order valence-corrected chi connectivity index (χ2v) is 17.2. The van der Waals surface area contributed by atoms with Gasteiger partial charge in [-0.05, 0) is 80.3 Å². The van der Waals surface area contributed by atoms with Crippen LogP contribution in [0.4, 0.5) is 0 Å². The van der Waals surface area contributed by atoms with Crippen molar-refractivity contribution in [2.75, 3.05) is 26.2 Å². The van der Waals surface area contributed by atoms with Crippen LogP contribution in [0.15, 0.2) is 194 Å². The highest BCUT2D eigenvalue weighted by atomic mass is 31.1. The zero-order valence-electron chi connectivity index (χ0n) is 29.2. The summed E-state index contributed by atoms with van der Waals surface area (Å²) in [4.78, 5) is 0. The second-order valence-electron chi connectivity index (χ2n) is 12.9. The van der Waals surface area contributed by atoms with E-state index in [1.54, 1.807) is 0 Å². The van der Waals surface area contributed by atoms with E-state index in [-0.39, 0.29) is 0 Å². The maximum absolute atomic E-state index is 3.22. The van der Waals surface area contributed by atoms with Crippen molar-refractivity contribution in [3.63, 3.8) is 0 Å². The van der Waals surface area contributed by atoms with Crippen molar-refractivity contribution in [1.82, 2.24) is 10.6 Å². The van der Waals surface area contributed by atoms with Gasteiger partial charge in [0, 0.05) is 26.2 Å². The lowest BCUT2D eigenvalue weighted by Gasteiger charge is -2.28. The quantitative estimate of drug-likeness (QED) is 0.163. The Balaban J connectivity index is 0.000000588. The molecule has 4 heteroatoms. The van der Waals surface area contributed by atoms with Crippen molar-refractivity contribution in [3.8, 4) is 11.1 Å². The maximum atomic E-state index is 3.22. The fraction of sp³-hybridized carbons (Fsp3) is 0.0833. The summed E-state index contributed by atoms with van der Waals surface area (Å²) in [5, 5.41) is 19.8. The van der Waals surface area contributed by atoms with Crippen molar-refractivity contribution in [2.45, 2.75) is 0 Å². The third kappa shape index (κ3) is 7.35. The van der Waals surface area contributed by atoms with Crippen molar-refractivity contribution in [1.29, 1.82) is 0 Å². The minimum absolute atomic E-state index is 0.852. The first-order valence-corrected chi connectivity index (χ1v) is 20.8. The summed E-state index contributed by atoms with van der Waals surface area (Å²) in [6.45, 7) is 4.56. The van der Waals surface area contributed by atoms with Gasteiger partial charge in [-0.3, -0.25) is 0 Å². The van der Waals surface area contributed by atoms with Gasteiger partial charge < -0.3 is 10.6 Å². The van der Waals surface area contributed by atoms with Crippen LogP contribution in [0.1, 0.15) is 0 Å². The van der Waals surface area contributed by atoms with Gasteiger partial charge in [-0.15, -0.1) is 0 Å². The molecule has 1 aliphatic heterocycles. The smallest absolute Gasteiger partial charge is 0.00772 e. The van der Waals surface area contributed by atoms with E-state index in [2.05, 4.69) is 205 Å². The van der Waals surface area contributed by atoms with Crippen LogP contribution >= 0.6 is 15.8 Å². The molecule has 2 nitrogen and oxygen atoms in total. The van der Waals surface area contributed by atoms with Crippen molar-refractivity contribution in [2.24, 2.45) is 0 Å². The highest BCUT2D eigenvalue weighted by Gasteiger charge is 2.28. The molecule has 9 rings (SSSR count). The molecule has 1 saturated heterocycles. The molecule has 8 aromatic rings. The lowest BCUT2D eigenvalue weighted by atomic mass is 9.93. The molecule has 0 spiro atoms. The molecule has 0 atom stereocenters. The van der Waals surface area contributed by atoms with Gasteiger partial charge in [-0.1, -0.05) is 194 Å². The van der Waals surface area contributed by atoms with Gasteiger partial charge in [-0.25, -0.2) is 0 Å². The fourth-order valence-corrected chi connectivity index (χ4v) is 12.1. The number of fused-ring (bicyclic) bond motifs is 2. The third-order valence-electron chi connectivity index (χ3n) is 9.56. The average Bonchev–Trinajstić information content (AvgIpc) is 3.23. The predicted molar refractivity (Wildman–Crippen MR) is 230 cm³/mol. The summed E-state index contributed by atoms with van der Waals surface area (Å²) in [7, 11) is -1.70. The molecule has 0 aliphatic carbocycles. The van der Waals surface area contributed by atoms with Gasteiger partial charge in [0.05, 0.1) is 0 Å². The van der Waals surface area contributed by atoms with E-state index < -0.39 is 15.8 Å². The molecule has 1 aliphatic rings. The lowest BCUT2D eigenvalue weighted by molar-refractivity contribution is 0.534. The monoisotopic (exact) mass is 708 g/mol. The Morgan fingerprint density at radius 2 is 0.577 bits per heavy atom. The first-order chi connectivity index (χ1) is 25.9. The molecule has 0 unspecified atom stereocenters. The predicted octanol–water partition coefficient (Wildman–Crippen LogP) is 8.36. The molecule has 1 heterocycles. The Morgan fingerprint density at radius 3 is 0.885 bits per heavy atom. The van der Waals surface area contributed by atoms with Gasteiger partial charge >= 0.3 is 0 Å². The fourth-order valence-electron chi connectivity index (χ4n) is 7.18. The molecule has 254 valence electrons. The molecule has 8 aromatic carbocycles. The Bertz CT molecular complexity index is 2110. The van der Waals surface area contributed by atoms with Crippen LogP contribution in [0, 0.1) is 0 Å². The molecule has 2 N–H and O–H groups in total. The maximum Gasteiger partial charge on any atom is 0.00772 e. The van der Waals surface area contributed by atoms with E-state index in [1.165, 1.54) is 64.5 Å². The Labute approximate surface area is 310 Å². The largest absolute Gasteiger partial charge is 0.314 e. The van der Waals surface area contributed by atoms with E-state index in [0.29, 0.717) is 0 Å². The third-order valence-corrected chi connectivity index (χ3v) is 14.5. The minimum atomic E-state index is -0.852. The van der Waals surface area contributed by atoms with E-state index in [0.717, 1.165) is 26.2 Å². The van der Waals surface area contributed by atoms with Crippen LogP contribution in [0.25, 0.3) is 32.7 Å². The standard InChI is InChI=1S/C44H32P2.C4H10N2/c1-5-19-35(20-6-1)45(36-21-7-2-8-22-36)41-31-29-33-17-13-15-27-39(33)43(41)44-40-28-16-14-18-34(40)30-32-42(44)46(37-23-9-3-10-24-37)38-25-11-4-12-26-38;1-2-6-4-3-5-1/h1-32H;5-6H,1-4H2. The number of benzene rings is 8. The second kappa shape index (κ2) is 16.6. The molecule has 0 saturated carbocycles. The lowest BCUT2D eigenvalue weighted by Crippen LogP contribution is -2.39. The number of hydrogen-bond acceptors (Lipinski definition) is 2. The molecule has 0 radical (unpaired) electrons. The minimum Gasteiger partial charge on any atom is -0.314 e. The topological polar surface area (TPSA) is 24.1 Å². The van der Waals surface area contributed by atoms with Crippen LogP contribution in [0.2, 0.25) is 0 Å². The van der Waals surface area contributed by atoms with Gasteiger partial charge in [0.15, 0.2) is 0 Å². The van der Waals surface area contributed by atoms with E-state index in [9.17, 15) is 0 Å². The molecule has 0 aromatic heterocycles. The Kier molecular flexibility index (Phi) is 10.9. The van der Waals surface area contributed by atoms with E-state index >= 15 is 0 Å². The zero-order valence-corrected chi connectivity index (χ0v) is 31.0. The molecule has 1 fully saturated rings. The number of piperazine rings is 1. The average molecular weight is 709 g/mol. The zero-order chi connectivity index (χ0) is 35.0. The summed E-state index contributed by atoms with van der Waals surface area (Å²) < 4.78 is 0. The van der Waals surface area contributed by atoms with Gasteiger partial charge in [0.1, 0.15) is 0 Å². The van der Waals surface area contributed by atoms with Crippen LogP contribution < -0.4 is 42.5 Å². The first-order valence-electron chi connectivity index (χ1n) is 18.1. The number of nitrogens with one attached hydrogen (secondary N) is 2. The van der Waals surface area contributed by atoms with Crippen LogP contribution in [0.3, 0.4) is 0 Å². The summed E-state index contributed by atoms with van der Waals surface area (Å²) in [5.74, 6) is 0. The van der Waals surface area contributed by atoms with E-state index in [1.807, 2.05) is 0 Å². The summed E-state index contributed by atoms with van der Waals surface area (Å²) in [6.07, 6.45) is 0. The van der Waals surface area contributed by atoms with Gasteiger partial charge in [0.25, 0.3) is 0 Å². The summed E-state index contributed by atoms with van der Waals surface area (Å²) >= 11 is 0. The molecule has 52 heavy (non-hydrogen) atoms. The van der Waals surface area contributed by atoms with Crippen LogP contribution in [-0.4, -0.2) is 26.2 Å². The highest BCUT2D eigenvalue weighted by Crippen LogP contribution is 2.45. The Morgan fingerprint density at radius 1 is 0.288 bits per heavy atom.